The largest absolute Gasteiger partial charge is 0.483 e. The molecule has 3 aromatic rings. The topological polar surface area (TPSA) is 42.4 Å². The third-order valence-electron chi connectivity index (χ3n) is 4.48. The molecule has 0 radical (unpaired) electrons. The molecule has 1 aliphatic heterocycles. The van der Waals surface area contributed by atoms with Gasteiger partial charge in [-0.1, -0.05) is 12.8 Å². The number of thiazole rings is 1. The monoisotopic (exact) mass is 360 g/mol. The molecule has 24 heavy (non-hydrogen) atoms. The highest BCUT2D eigenvalue weighted by Gasteiger charge is 2.18. The SMILES string of the molecule is Cc1nc2c(cc(OCC(=O)N3CCCCCC3)c3ccsc32)s1. The Morgan fingerprint density at radius 2 is 2.08 bits per heavy atom. The summed E-state index contributed by atoms with van der Waals surface area (Å²) in [6, 6.07) is 4.09. The van der Waals surface area contributed by atoms with Gasteiger partial charge in [-0.2, -0.15) is 0 Å². The molecule has 0 spiro atoms. The number of ether oxygens (including phenoxy) is 1. The second-order valence-corrected chi connectivity index (χ2v) is 8.35. The average Bonchev–Trinajstić information content (AvgIpc) is 3.09. The van der Waals surface area contributed by atoms with Crippen LogP contribution < -0.4 is 4.74 Å². The zero-order valence-corrected chi connectivity index (χ0v) is 15.3. The zero-order valence-electron chi connectivity index (χ0n) is 13.7. The minimum atomic E-state index is 0.0980. The number of carbonyl (C=O) groups is 1. The Balaban J connectivity index is 1.57. The number of likely N-dealkylation sites (tertiary alicyclic amines) is 1. The predicted octanol–water partition coefficient (Wildman–Crippen LogP) is 4.60. The molecule has 0 unspecified atom stereocenters. The number of hydrogen-bond donors (Lipinski definition) is 0. The van der Waals surface area contributed by atoms with Crippen molar-refractivity contribution in [2.24, 2.45) is 0 Å². The summed E-state index contributed by atoms with van der Waals surface area (Å²) in [5, 5.41) is 4.17. The minimum Gasteiger partial charge on any atom is -0.483 e. The summed E-state index contributed by atoms with van der Waals surface area (Å²) >= 11 is 3.35. The van der Waals surface area contributed by atoms with Crippen molar-refractivity contribution in [2.45, 2.75) is 32.6 Å². The first kappa shape index (κ1) is 15.8. The predicted molar refractivity (Wildman–Crippen MR) is 100 cm³/mol. The fraction of sp³-hybridized carbons (Fsp3) is 0.444. The van der Waals surface area contributed by atoms with Gasteiger partial charge in [0.15, 0.2) is 6.61 Å². The number of nitrogens with zero attached hydrogens (tertiary/aromatic N) is 2. The van der Waals surface area contributed by atoms with Crippen LogP contribution in [0.1, 0.15) is 30.7 Å². The van der Waals surface area contributed by atoms with Crippen molar-refractivity contribution >= 4 is 48.9 Å². The lowest BCUT2D eigenvalue weighted by Crippen LogP contribution is -2.35. The van der Waals surface area contributed by atoms with E-state index >= 15 is 0 Å². The lowest BCUT2D eigenvalue weighted by Gasteiger charge is -2.20. The quantitative estimate of drug-likeness (QED) is 0.685. The van der Waals surface area contributed by atoms with Gasteiger partial charge in [-0.3, -0.25) is 4.79 Å². The number of fused-ring (bicyclic) bond motifs is 3. The van der Waals surface area contributed by atoms with E-state index in [9.17, 15) is 4.79 Å². The molecule has 1 fully saturated rings. The molecular weight excluding hydrogens is 340 g/mol. The standard InChI is InChI=1S/C18H20N2O2S2/c1-12-19-17-15(24-12)10-14(13-6-9-23-18(13)17)22-11-16(21)20-7-4-2-3-5-8-20/h6,9-10H,2-5,7-8,11H2,1H3. The fourth-order valence-electron chi connectivity index (χ4n) is 3.26. The van der Waals surface area contributed by atoms with E-state index in [1.165, 1.54) is 12.8 Å². The van der Waals surface area contributed by atoms with Crippen LogP contribution in [0, 0.1) is 6.92 Å². The molecule has 4 nitrogen and oxygen atoms in total. The van der Waals surface area contributed by atoms with E-state index in [-0.39, 0.29) is 12.5 Å². The molecule has 0 saturated carbocycles. The summed E-state index contributed by atoms with van der Waals surface area (Å²) in [6.07, 6.45) is 4.66. The van der Waals surface area contributed by atoms with Gasteiger partial charge >= 0.3 is 0 Å². The number of benzene rings is 1. The van der Waals surface area contributed by atoms with Crippen LogP contribution in [0.25, 0.3) is 20.3 Å². The Morgan fingerprint density at radius 3 is 2.88 bits per heavy atom. The van der Waals surface area contributed by atoms with Crippen LogP contribution in [-0.2, 0) is 4.79 Å². The molecule has 2 aromatic heterocycles. The number of rotatable bonds is 3. The summed E-state index contributed by atoms with van der Waals surface area (Å²) in [6.45, 7) is 3.87. The molecule has 1 aliphatic rings. The van der Waals surface area contributed by atoms with Crippen LogP contribution in [0.15, 0.2) is 17.5 Å². The van der Waals surface area contributed by atoms with Gasteiger partial charge in [-0.25, -0.2) is 4.98 Å². The Bertz CT molecular complexity index is 876. The van der Waals surface area contributed by atoms with E-state index in [0.29, 0.717) is 0 Å². The van der Waals surface area contributed by atoms with E-state index in [0.717, 1.165) is 57.0 Å². The number of thiophene rings is 1. The first-order chi connectivity index (χ1) is 11.7. The van der Waals surface area contributed by atoms with Gasteiger partial charge in [0.05, 0.1) is 19.9 Å². The first-order valence-electron chi connectivity index (χ1n) is 8.40. The van der Waals surface area contributed by atoms with Gasteiger partial charge < -0.3 is 9.64 Å². The normalized spacial score (nSPS) is 15.8. The smallest absolute Gasteiger partial charge is 0.260 e. The number of aromatic nitrogens is 1. The molecule has 0 N–H and O–H groups in total. The molecular formula is C18H20N2O2S2. The molecule has 4 rings (SSSR count). The maximum atomic E-state index is 12.5. The molecule has 0 atom stereocenters. The molecule has 3 heterocycles. The van der Waals surface area contributed by atoms with Crippen LogP contribution in [0.5, 0.6) is 5.75 Å². The Labute approximate surface area is 149 Å². The molecule has 0 aliphatic carbocycles. The van der Waals surface area contributed by atoms with Crippen LogP contribution in [0.2, 0.25) is 0 Å². The van der Waals surface area contributed by atoms with Crippen LogP contribution in [-0.4, -0.2) is 35.5 Å². The van der Waals surface area contributed by atoms with E-state index in [4.69, 9.17) is 4.74 Å². The minimum absolute atomic E-state index is 0.0980. The molecule has 1 saturated heterocycles. The van der Waals surface area contributed by atoms with Crippen molar-refractivity contribution < 1.29 is 9.53 Å². The van der Waals surface area contributed by atoms with E-state index < -0.39 is 0 Å². The Morgan fingerprint density at radius 1 is 1.29 bits per heavy atom. The fourth-order valence-corrected chi connectivity index (χ4v) is 5.09. The molecule has 0 bridgehead atoms. The van der Waals surface area contributed by atoms with Crippen molar-refractivity contribution in [1.29, 1.82) is 0 Å². The number of hydrogen-bond acceptors (Lipinski definition) is 5. The maximum Gasteiger partial charge on any atom is 0.260 e. The highest BCUT2D eigenvalue weighted by Crippen LogP contribution is 2.38. The average molecular weight is 361 g/mol. The van der Waals surface area contributed by atoms with Gasteiger partial charge in [0.1, 0.15) is 5.75 Å². The summed E-state index contributed by atoms with van der Waals surface area (Å²) in [5.74, 6) is 0.895. The summed E-state index contributed by atoms with van der Waals surface area (Å²) in [7, 11) is 0. The van der Waals surface area contributed by atoms with Crippen molar-refractivity contribution in [1.82, 2.24) is 9.88 Å². The van der Waals surface area contributed by atoms with Crippen LogP contribution in [0.4, 0.5) is 0 Å². The maximum absolute atomic E-state index is 12.5. The Hall–Kier alpha value is -1.66. The van der Waals surface area contributed by atoms with Crippen molar-refractivity contribution in [3.63, 3.8) is 0 Å². The zero-order chi connectivity index (χ0) is 16.5. The highest BCUT2D eigenvalue weighted by molar-refractivity contribution is 7.21. The number of aryl methyl sites for hydroxylation is 1. The van der Waals surface area contributed by atoms with Gasteiger partial charge in [0.2, 0.25) is 0 Å². The van der Waals surface area contributed by atoms with Crippen molar-refractivity contribution in [2.75, 3.05) is 19.7 Å². The van der Waals surface area contributed by atoms with E-state index in [2.05, 4.69) is 16.4 Å². The van der Waals surface area contributed by atoms with Gasteiger partial charge in [0, 0.05) is 24.5 Å². The third kappa shape index (κ3) is 3.00. The van der Waals surface area contributed by atoms with E-state index in [1.807, 2.05) is 17.9 Å². The lowest BCUT2D eigenvalue weighted by molar-refractivity contribution is -0.133. The summed E-state index contributed by atoms with van der Waals surface area (Å²) in [4.78, 5) is 19.0. The number of carbonyl (C=O) groups excluding carboxylic acids is 1. The van der Waals surface area contributed by atoms with Crippen LogP contribution in [0.3, 0.4) is 0 Å². The summed E-state index contributed by atoms with van der Waals surface area (Å²) < 4.78 is 8.22. The molecule has 1 amide bonds. The second-order valence-electron chi connectivity index (χ2n) is 6.20. The van der Waals surface area contributed by atoms with Crippen molar-refractivity contribution in [3.05, 3.63) is 22.5 Å². The molecule has 6 heteroatoms. The second kappa shape index (κ2) is 6.69. The number of amides is 1. The highest BCUT2D eigenvalue weighted by atomic mass is 32.1. The van der Waals surface area contributed by atoms with Gasteiger partial charge in [-0.15, -0.1) is 22.7 Å². The summed E-state index contributed by atoms with van der Waals surface area (Å²) in [5.41, 5.74) is 1.05. The van der Waals surface area contributed by atoms with Gasteiger partial charge in [-0.05, 0) is 31.2 Å². The molecule has 126 valence electrons. The lowest BCUT2D eigenvalue weighted by atomic mass is 10.2. The molecule has 1 aromatic carbocycles. The van der Waals surface area contributed by atoms with E-state index in [1.54, 1.807) is 22.7 Å². The van der Waals surface area contributed by atoms with Crippen molar-refractivity contribution in [3.8, 4) is 5.75 Å². The third-order valence-corrected chi connectivity index (χ3v) is 6.32. The van der Waals surface area contributed by atoms with Gasteiger partial charge in [0.25, 0.3) is 5.91 Å². The first-order valence-corrected chi connectivity index (χ1v) is 10.1. The Kier molecular flexibility index (Phi) is 4.41. The van der Waals surface area contributed by atoms with Crippen LogP contribution >= 0.6 is 22.7 Å².